The quantitative estimate of drug-likeness (QED) is 0.387. The van der Waals surface area contributed by atoms with Crippen LogP contribution in [0.15, 0.2) is 42.6 Å². The molecule has 2 aliphatic carbocycles. The highest BCUT2D eigenvalue weighted by Gasteiger charge is 2.58. The van der Waals surface area contributed by atoms with Crippen LogP contribution in [0.1, 0.15) is 33.7 Å². The second kappa shape index (κ2) is 10.2. The molecule has 1 saturated carbocycles. The molecule has 3 aromatic rings. The number of hydrogen-bond acceptors (Lipinski definition) is 7. The Balaban J connectivity index is 1.29. The highest BCUT2D eigenvalue weighted by molar-refractivity contribution is 5.87. The zero-order valence-electron chi connectivity index (χ0n) is 20.8. The maximum atomic E-state index is 14.7. The zero-order valence-corrected chi connectivity index (χ0v) is 20.8. The summed E-state index contributed by atoms with van der Waals surface area (Å²) in [5.41, 5.74) is 6.21. The predicted octanol–water partition coefficient (Wildman–Crippen LogP) is 3.26. The number of pyridine rings is 1. The third kappa shape index (κ3) is 4.97. The fourth-order valence-corrected chi connectivity index (χ4v) is 5.59. The number of aliphatic hydroxyl groups is 3. The number of halogens is 1. The molecule has 1 aromatic heterocycles. The van der Waals surface area contributed by atoms with Gasteiger partial charge in [-0.1, -0.05) is 6.07 Å². The summed E-state index contributed by atoms with van der Waals surface area (Å²) in [4.78, 5) is 16.2. The minimum atomic E-state index is -0.946. The van der Waals surface area contributed by atoms with Gasteiger partial charge in [-0.05, 0) is 89.8 Å². The van der Waals surface area contributed by atoms with Gasteiger partial charge in [-0.25, -0.2) is 9.37 Å². The Morgan fingerprint density at radius 2 is 1.89 bits per heavy atom. The number of ketones is 1. The molecule has 194 valence electrons. The molecule has 0 radical (unpaired) electrons. The molecule has 0 spiro atoms. The Morgan fingerprint density at radius 3 is 2.59 bits per heavy atom. The average Bonchev–Trinajstić information content (AvgIpc) is 3.47. The summed E-state index contributed by atoms with van der Waals surface area (Å²) in [7, 11) is 0. The third-order valence-electron chi connectivity index (χ3n) is 7.38. The molecule has 1 heterocycles. The van der Waals surface area contributed by atoms with E-state index in [1.54, 1.807) is 18.3 Å². The average molecular weight is 508 g/mol. The van der Waals surface area contributed by atoms with Crippen LogP contribution in [0.5, 0.6) is 11.6 Å². The fraction of sp³-hybridized carbons (Fsp3) is 0.379. The van der Waals surface area contributed by atoms with Gasteiger partial charge in [-0.15, -0.1) is 0 Å². The summed E-state index contributed by atoms with van der Waals surface area (Å²) in [6.07, 6.45) is 1.55. The van der Waals surface area contributed by atoms with Gasteiger partial charge in [-0.3, -0.25) is 4.79 Å². The first-order valence-electron chi connectivity index (χ1n) is 12.4. The van der Waals surface area contributed by atoms with Gasteiger partial charge >= 0.3 is 0 Å². The zero-order chi connectivity index (χ0) is 26.3. The number of rotatable bonds is 10. The number of carbonyl (C=O) groups is 1. The van der Waals surface area contributed by atoms with Crippen LogP contribution in [0.2, 0.25) is 0 Å². The largest absolute Gasteiger partial charge is 0.491 e. The van der Waals surface area contributed by atoms with Crippen molar-refractivity contribution in [1.29, 1.82) is 0 Å². The molecule has 5 rings (SSSR count). The van der Waals surface area contributed by atoms with Crippen LogP contribution >= 0.6 is 0 Å². The molecule has 3 N–H and O–H groups in total. The van der Waals surface area contributed by atoms with Crippen LogP contribution in [-0.4, -0.2) is 52.0 Å². The van der Waals surface area contributed by atoms with Gasteiger partial charge in [0.25, 0.3) is 0 Å². The molecule has 0 aliphatic heterocycles. The number of ether oxygens (including phenoxy) is 2. The van der Waals surface area contributed by atoms with E-state index >= 15 is 0 Å². The topological polar surface area (TPSA) is 109 Å². The van der Waals surface area contributed by atoms with Crippen molar-refractivity contribution in [2.24, 2.45) is 11.8 Å². The van der Waals surface area contributed by atoms with Crippen LogP contribution < -0.4 is 9.47 Å². The Kier molecular flexibility index (Phi) is 6.98. The highest BCUT2D eigenvalue weighted by Crippen LogP contribution is 2.61. The van der Waals surface area contributed by atoms with E-state index in [4.69, 9.17) is 19.7 Å². The van der Waals surface area contributed by atoms with E-state index in [-0.39, 0.29) is 49.2 Å². The summed E-state index contributed by atoms with van der Waals surface area (Å²) >= 11 is 0. The van der Waals surface area contributed by atoms with Crippen LogP contribution in [0.4, 0.5) is 4.39 Å². The minimum Gasteiger partial charge on any atom is -0.491 e. The number of fused-ring (bicyclic) bond motifs is 3. The molecule has 37 heavy (non-hydrogen) atoms. The number of Topliss-reactive ketones (excluding diaryl/α,β-unsaturated/α-hetero) is 1. The number of hydrogen-bond donors (Lipinski definition) is 3. The Labute approximate surface area is 214 Å². The lowest BCUT2D eigenvalue weighted by Crippen LogP contribution is -2.21. The van der Waals surface area contributed by atoms with E-state index in [1.165, 1.54) is 6.07 Å². The molecular weight excluding hydrogens is 477 g/mol. The van der Waals surface area contributed by atoms with Crippen molar-refractivity contribution in [1.82, 2.24) is 4.98 Å². The maximum Gasteiger partial charge on any atom is 0.213 e. The van der Waals surface area contributed by atoms with Gasteiger partial charge < -0.3 is 24.8 Å². The molecule has 8 heteroatoms. The summed E-state index contributed by atoms with van der Waals surface area (Å²) in [6, 6.07) is 10.5. The number of benzene rings is 2. The van der Waals surface area contributed by atoms with E-state index in [1.807, 2.05) is 32.0 Å². The molecule has 4 atom stereocenters. The van der Waals surface area contributed by atoms with Crippen molar-refractivity contribution in [3.05, 3.63) is 76.2 Å². The summed E-state index contributed by atoms with van der Waals surface area (Å²) in [6.45, 7) is 3.10. The van der Waals surface area contributed by atoms with Crippen molar-refractivity contribution in [3.63, 3.8) is 0 Å². The van der Waals surface area contributed by atoms with E-state index in [0.29, 0.717) is 17.2 Å². The van der Waals surface area contributed by atoms with Gasteiger partial charge in [-0.2, -0.15) is 0 Å². The summed E-state index contributed by atoms with van der Waals surface area (Å²) in [5.74, 6) is 0.812. The molecule has 0 bridgehead atoms. The lowest BCUT2D eigenvalue weighted by molar-refractivity contribution is -0.123. The van der Waals surface area contributed by atoms with Crippen molar-refractivity contribution in [3.8, 4) is 22.8 Å². The molecule has 0 amide bonds. The van der Waals surface area contributed by atoms with Gasteiger partial charge in [0.2, 0.25) is 5.88 Å². The normalized spacial score (nSPS) is 20.2. The van der Waals surface area contributed by atoms with E-state index in [0.717, 1.165) is 39.8 Å². The van der Waals surface area contributed by atoms with Gasteiger partial charge in [0, 0.05) is 23.7 Å². The fourth-order valence-electron chi connectivity index (χ4n) is 5.59. The van der Waals surface area contributed by atoms with E-state index in [9.17, 15) is 14.3 Å². The smallest absolute Gasteiger partial charge is 0.213 e. The Hall–Kier alpha value is -3.33. The summed E-state index contributed by atoms with van der Waals surface area (Å²) < 4.78 is 26.1. The second-order valence-corrected chi connectivity index (χ2v) is 9.94. The Bertz CT molecular complexity index is 1320. The van der Waals surface area contributed by atoms with Crippen molar-refractivity contribution in [2.45, 2.75) is 38.9 Å². The molecule has 2 aromatic carbocycles. The lowest BCUT2D eigenvalue weighted by atomic mass is 9.94. The maximum absolute atomic E-state index is 14.7. The second-order valence-electron chi connectivity index (χ2n) is 9.94. The molecule has 4 unspecified atom stereocenters. The standard InChI is InChI=1S/C29H30FNO6/c1-15-5-21(36-14-20(34)11-32)6-16(2)27(15)17-3-4-24(30)19(7-17)13-37-26-9-18-8-22-28(23(18)10-31-26)29(22)25(35)12-33/h3-7,9-10,20,22,28-29,32-34H,8,11-14H2,1-2H3. The van der Waals surface area contributed by atoms with Gasteiger partial charge in [0.05, 0.1) is 6.61 Å². The Morgan fingerprint density at radius 1 is 1.14 bits per heavy atom. The number of aromatic nitrogens is 1. The third-order valence-corrected chi connectivity index (χ3v) is 7.38. The van der Waals surface area contributed by atoms with Gasteiger partial charge in [0.15, 0.2) is 5.78 Å². The van der Waals surface area contributed by atoms with Crippen LogP contribution in [0, 0.1) is 31.5 Å². The predicted molar refractivity (Wildman–Crippen MR) is 134 cm³/mol. The van der Waals surface area contributed by atoms with Crippen LogP contribution in [0.3, 0.4) is 0 Å². The molecule has 0 saturated heterocycles. The number of nitrogens with zero attached hydrogens (tertiary/aromatic N) is 1. The first-order valence-corrected chi connectivity index (χ1v) is 12.4. The van der Waals surface area contributed by atoms with Crippen molar-refractivity contribution >= 4 is 5.78 Å². The molecule has 2 aliphatic rings. The molecular formula is C29H30FNO6. The number of aryl methyl sites for hydroxylation is 2. The first-order chi connectivity index (χ1) is 17.8. The number of carbonyl (C=O) groups excluding carboxylic acids is 1. The van der Waals surface area contributed by atoms with Crippen LogP contribution in [-0.2, 0) is 17.8 Å². The van der Waals surface area contributed by atoms with Crippen molar-refractivity contribution < 1.29 is 34.0 Å². The highest BCUT2D eigenvalue weighted by atomic mass is 19.1. The molecule has 1 fully saturated rings. The summed E-state index contributed by atoms with van der Waals surface area (Å²) in [5, 5.41) is 27.6. The minimum absolute atomic E-state index is 0.00777. The van der Waals surface area contributed by atoms with E-state index in [2.05, 4.69) is 4.98 Å². The van der Waals surface area contributed by atoms with Crippen molar-refractivity contribution in [2.75, 3.05) is 19.8 Å². The monoisotopic (exact) mass is 507 g/mol. The van der Waals surface area contributed by atoms with E-state index < -0.39 is 12.7 Å². The van der Waals surface area contributed by atoms with Gasteiger partial charge in [0.1, 0.15) is 37.5 Å². The number of aliphatic hydroxyl groups excluding tert-OH is 3. The lowest BCUT2D eigenvalue weighted by Gasteiger charge is -2.16. The SMILES string of the molecule is Cc1cc(OCC(O)CO)cc(C)c1-c1ccc(F)c(COc2cc3c(cn2)C2C(C3)C2C(=O)CO)c1. The molecule has 7 nitrogen and oxygen atoms in total. The van der Waals surface area contributed by atoms with Crippen LogP contribution in [0.25, 0.3) is 11.1 Å². The first kappa shape index (κ1) is 25.3.